The van der Waals surface area contributed by atoms with Crippen LogP contribution in [0, 0.1) is 11.7 Å². The van der Waals surface area contributed by atoms with Crippen molar-refractivity contribution in [1.82, 2.24) is 10.2 Å². The van der Waals surface area contributed by atoms with Crippen LogP contribution in [0.25, 0.3) is 0 Å². The highest BCUT2D eigenvalue weighted by Crippen LogP contribution is 2.19. The largest absolute Gasteiger partial charge is 0.381 e. The average Bonchev–Trinajstić information content (AvgIpc) is 2.99. The molecule has 0 saturated carbocycles. The molecule has 1 N–H and O–H groups in total. The smallest absolute Gasteiger partial charge is 0.193 e. The molecule has 6 heteroatoms. The lowest BCUT2D eigenvalue weighted by molar-refractivity contribution is 0.181. The van der Waals surface area contributed by atoms with Crippen molar-refractivity contribution >= 4 is 17.6 Å². The molecule has 1 aliphatic heterocycles. The first-order chi connectivity index (χ1) is 10.6. The maximum Gasteiger partial charge on any atom is 0.193 e. The number of hydrogen-bond acceptors (Lipinski definition) is 2. The van der Waals surface area contributed by atoms with Crippen LogP contribution in [0.5, 0.6) is 0 Å². The normalized spacial score (nSPS) is 18.5. The Bertz CT molecular complexity index is 498. The standard InChI is InChI=1S/C16H23ClFN3O/c1-19-16(21(2)10-12-7-9-22-11-12)20-8-6-13-14(17)4-3-5-15(13)18/h3-5,12H,6-11H2,1-2H3,(H,19,20). The molecule has 1 atom stereocenters. The first kappa shape index (κ1) is 17.0. The van der Waals surface area contributed by atoms with Crippen LogP contribution >= 0.6 is 11.6 Å². The molecular formula is C16H23ClFN3O. The van der Waals surface area contributed by atoms with Gasteiger partial charge in [0.2, 0.25) is 0 Å². The fourth-order valence-corrected chi connectivity index (χ4v) is 2.91. The summed E-state index contributed by atoms with van der Waals surface area (Å²) in [4.78, 5) is 6.36. The number of nitrogens with zero attached hydrogens (tertiary/aromatic N) is 2. The first-order valence-electron chi connectivity index (χ1n) is 7.54. The van der Waals surface area contributed by atoms with Gasteiger partial charge in [-0.3, -0.25) is 4.99 Å². The predicted octanol–water partition coefficient (Wildman–Crippen LogP) is 2.57. The predicted molar refractivity (Wildman–Crippen MR) is 88.0 cm³/mol. The second-order valence-corrected chi connectivity index (χ2v) is 5.94. The maximum atomic E-state index is 13.7. The van der Waals surface area contributed by atoms with Gasteiger partial charge in [0.15, 0.2) is 5.96 Å². The quantitative estimate of drug-likeness (QED) is 0.667. The van der Waals surface area contributed by atoms with Crippen LogP contribution in [0.2, 0.25) is 5.02 Å². The van der Waals surface area contributed by atoms with Gasteiger partial charge in [-0.2, -0.15) is 0 Å². The summed E-state index contributed by atoms with van der Waals surface area (Å²) in [6.45, 7) is 3.14. The molecule has 122 valence electrons. The SMILES string of the molecule is CN=C(NCCc1c(F)cccc1Cl)N(C)CC1CCOC1. The van der Waals surface area contributed by atoms with E-state index in [1.165, 1.54) is 6.07 Å². The summed E-state index contributed by atoms with van der Waals surface area (Å²) in [6.07, 6.45) is 1.61. The Balaban J connectivity index is 1.83. The Hall–Kier alpha value is -1.33. The second kappa shape index (κ2) is 8.34. The molecule has 22 heavy (non-hydrogen) atoms. The minimum atomic E-state index is -0.263. The van der Waals surface area contributed by atoms with Gasteiger partial charge < -0.3 is 15.0 Å². The number of guanidine groups is 1. The fraction of sp³-hybridized carbons (Fsp3) is 0.562. The number of benzene rings is 1. The van der Waals surface area contributed by atoms with Gasteiger partial charge in [-0.05, 0) is 25.0 Å². The Labute approximate surface area is 136 Å². The van der Waals surface area contributed by atoms with E-state index in [9.17, 15) is 4.39 Å². The lowest BCUT2D eigenvalue weighted by atomic mass is 10.1. The molecule has 1 saturated heterocycles. The van der Waals surface area contributed by atoms with Crippen LogP contribution in [0.4, 0.5) is 4.39 Å². The van der Waals surface area contributed by atoms with E-state index in [0.717, 1.165) is 32.1 Å². The molecule has 0 amide bonds. The summed E-state index contributed by atoms with van der Waals surface area (Å²) < 4.78 is 19.1. The molecule has 1 heterocycles. The summed E-state index contributed by atoms with van der Waals surface area (Å²) in [6, 6.07) is 4.76. The van der Waals surface area contributed by atoms with Crippen molar-refractivity contribution < 1.29 is 9.13 Å². The van der Waals surface area contributed by atoms with Crippen LogP contribution in [0.3, 0.4) is 0 Å². The van der Waals surface area contributed by atoms with E-state index in [0.29, 0.717) is 29.5 Å². The van der Waals surface area contributed by atoms with E-state index in [4.69, 9.17) is 16.3 Å². The van der Waals surface area contributed by atoms with E-state index < -0.39 is 0 Å². The van der Waals surface area contributed by atoms with Crippen molar-refractivity contribution in [3.8, 4) is 0 Å². The number of aliphatic imine (C=N–C) groups is 1. The molecule has 1 fully saturated rings. The molecule has 0 bridgehead atoms. The molecule has 1 aliphatic rings. The van der Waals surface area contributed by atoms with Gasteiger partial charge in [0, 0.05) is 50.3 Å². The summed E-state index contributed by atoms with van der Waals surface area (Å²) in [7, 11) is 3.75. The van der Waals surface area contributed by atoms with Gasteiger partial charge in [0.05, 0.1) is 6.61 Å². The minimum absolute atomic E-state index is 0.263. The highest BCUT2D eigenvalue weighted by molar-refractivity contribution is 6.31. The molecule has 2 rings (SSSR count). The molecule has 1 unspecified atom stereocenters. The van der Waals surface area contributed by atoms with E-state index in [1.807, 2.05) is 7.05 Å². The third-order valence-corrected chi connectivity index (χ3v) is 4.20. The molecule has 0 spiro atoms. The summed E-state index contributed by atoms with van der Waals surface area (Å²) in [5, 5.41) is 3.72. The van der Waals surface area contributed by atoms with Gasteiger partial charge >= 0.3 is 0 Å². The molecule has 0 aliphatic carbocycles. The van der Waals surface area contributed by atoms with Gasteiger partial charge in [0.25, 0.3) is 0 Å². The number of hydrogen-bond donors (Lipinski definition) is 1. The zero-order valence-electron chi connectivity index (χ0n) is 13.1. The van der Waals surface area contributed by atoms with Crippen LogP contribution in [0.1, 0.15) is 12.0 Å². The number of halogens is 2. The first-order valence-corrected chi connectivity index (χ1v) is 7.92. The highest BCUT2D eigenvalue weighted by Gasteiger charge is 2.19. The summed E-state index contributed by atoms with van der Waals surface area (Å²) in [5.41, 5.74) is 0.541. The molecule has 1 aromatic carbocycles. The van der Waals surface area contributed by atoms with Gasteiger partial charge in [-0.25, -0.2) is 4.39 Å². The minimum Gasteiger partial charge on any atom is -0.381 e. The lowest BCUT2D eigenvalue weighted by Gasteiger charge is -2.24. The van der Waals surface area contributed by atoms with E-state index in [1.54, 1.807) is 19.2 Å². The Kier molecular flexibility index (Phi) is 6.46. The van der Waals surface area contributed by atoms with Gasteiger partial charge in [-0.1, -0.05) is 17.7 Å². The monoisotopic (exact) mass is 327 g/mol. The van der Waals surface area contributed by atoms with Gasteiger partial charge in [-0.15, -0.1) is 0 Å². The number of nitrogens with one attached hydrogen (secondary N) is 1. The molecule has 0 aromatic heterocycles. The third-order valence-electron chi connectivity index (χ3n) is 3.85. The van der Waals surface area contributed by atoms with Crippen LogP contribution in [-0.2, 0) is 11.2 Å². The van der Waals surface area contributed by atoms with Crippen molar-refractivity contribution in [1.29, 1.82) is 0 Å². The van der Waals surface area contributed by atoms with E-state index >= 15 is 0 Å². The molecule has 0 radical (unpaired) electrons. The average molecular weight is 328 g/mol. The fourth-order valence-electron chi connectivity index (χ4n) is 2.66. The van der Waals surface area contributed by atoms with Crippen molar-refractivity contribution in [3.05, 3.63) is 34.6 Å². The topological polar surface area (TPSA) is 36.9 Å². The highest BCUT2D eigenvalue weighted by atomic mass is 35.5. The number of rotatable bonds is 5. The Morgan fingerprint density at radius 3 is 3.00 bits per heavy atom. The second-order valence-electron chi connectivity index (χ2n) is 5.53. The van der Waals surface area contributed by atoms with E-state index in [-0.39, 0.29) is 5.82 Å². The lowest BCUT2D eigenvalue weighted by Crippen LogP contribution is -2.42. The molecule has 1 aromatic rings. The van der Waals surface area contributed by atoms with Crippen LogP contribution in [0.15, 0.2) is 23.2 Å². The molecule has 4 nitrogen and oxygen atoms in total. The number of ether oxygens (including phenoxy) is 1. The van der Waals surface area contributed by atoms with Crippen molar-refractivity contribution in [2.45, 2.75) is 12.8 Å². The van der Waals surface area contributed by atoms with Crippen molar-refractivity contribution in [2.75, 3.05) is 40.4 Å². The van der Waals surface area contributed by atoms with Gasteiger partial charge in [0.1, 0.15) is 5.82 Å². The zero-order chi connectivity index (χ0) is 15.9. The van der Waals surface area contributed by atoms with E-state index in [2.05, 4.69) is 15.2 Å². The summed E-state index contributed by atoms with van der Waals surface area (Å²) in [5.74, 6) is 1.09. The third kappa shape index (κ3) is 4.58. The van der Waals surface area contributed by atoms with Crippen molar-refractivity contribution in [3.63, 3.8) is 0 Å². The maximum absolute atomic E-state index is 13.7. The zero-order valence-corrected chi connectivity index (χ0v) is 13.9. The Morgan fingerprint density at radius 2 is 2.36 bits per heavy atom. The summed E-state index contributed by atoms with van der Waals surface area (Å²) >= 11 is 6.03. The molecular weight excluding hydrogens is 305 g/mol. The van der Waals surface area contributed by atoms with Crippen LogP contribution < -0.4 is 5.32 Å². The van der Waals surface area contributed by atoms with Crippen molar-refractivity contribution in [2.24, 2.45) is 10.9 Å². The van der Waals surface area contributed by atoms with Crippen LogP contribution in [-0.4, -0.2) is 51.3 Å². The Morgan fingerprint density at radius 1 is 1.55 bits per heavy atom.